The van der Waals surface area contributed by atoms with E-state index in [1.54, 1.807) is 31.4 Å². The predicted octanol–water partition coefficient (Wildman–Crippen LogP) is 3.36. The summed E-state index contributed by atoms with van der Waals surface area (Å²) in [7, 11) is 9.36. The van der Waals surface area contributed by atoms with Gasteiger partial charge in [-0.25, -0.2) is 4.79 Å². The molecule has 0 saturated carbocycles. The second kappa shape index (κ2) is 11.5. The molecule has 190 valence electrons. The lowest BCUT2D eigenvalue weighted by Crippen LogP contribution is -2.36. The molecule has 36 heavy (non-hydrogen) atoms. The third-order valence-corrected chi connectivity index (χ3v) is 5.81. The van der Waals surface area contributed by atoms with Crippen LogP contribution in [0.1, 0.15) is 15.9 Å². The lowest BCUT2D eigenvalue weighted by atomic mass is 10.00. The average molecular weight is 491 g/mol. The maximum absolute atomic E-state index is 12.9. The van der Waals surface area contributed by atoms with Gasteiger partial charge in [0.15, 0.2) is 0 Å². The summed E-state index contributed by atoms with van der Waals surface area (Å²) in [5, 5.41) is 8.39. The van der Waals surface area contributed by atoms with Crippen LogP contribution < -0.4 is 26.4 Å². The molecular formula is C27H34N6O3. The Morgan fingerprint density at radius 1 is 0.944 bits per heavy atom. The molecule has 0 radical (unpaired) electrons. The first-order valence-corrected chi connectivity index (χ1v) is 11.7. The zero-order valence-electron chi connectivity index (χ0n) is 21.7. The van der Waals surface area contributed by atoms with Crippen LogP contribution in [0.4, 0.5) is 21.9 Å². The summed E-state index contributed by atoms with van der Waals surface area (Å²) in [5.74, 6) is -0.210. The van der Waals surface area contributed by atoms with E-state index in [0.717, 1.165) is 22.4 Å². The molecule has 0 fully saturated rings. The van der Waals surface area contributed by atoms with Gasteiger partial charge in [-0.1, -0.05) is 12.1 Å². The van der Waals surface area contributed by atoms with Crippen LogP contribution in [-0.2, 0) is 7.05 Å². The monoisotopic (exact) mass is 490 g/mol. The number of hydrogen-bond acceptors (Lipinski definition) is 5. The smallest absolute Gasteiger partial charge is 0.319 e. The van der Waals surface area contributed by atoms with E-state index in [2.05, 4.69) is 16.0 Å². The highest BCUT2D eigenvalue weighted by atomic mass is 16.2. The van der Waals surface area contributed by atoms with Crippen LogP contribution in [0.3, 0.4) is 0 Å². The van der Waals surface area contributed by atoms with Crippen molar-refractivity contribution in [3.05, 3.63) is 76.2 Å². The minimum atomic E-state index is -0.441. The molecule has 9 nitrogen and oxygen atoms in total. The number of carbonyl (C=O) groups excluding carboxylic acids is 2. The van der Waals surface area contributed by atoms with Crippen molar-refractivity contribution in [2.24, 2.45) is 7.05 Å². The maximum atomic E-state index is 12.9. The van der Waals surface area contributed by atoms with Gasteiger partial charge in [0.25, 0.3) is 11.5 Å². The predicted molar refractivity (Wildman–Crippen MR) is 146 cm³/mol. The van der Waals surface area contributed by atoms with Gasteiger partial charge < -0.3 is 30.3 Å². The van der Waals surface area contributed by atoms with Crippen molar-refractivity contribution in [3.63, 3.8) is 0 Å². The summed E-state index contributed by atoms with van der Waals surface area (Å²) in [6, 6.07) is 14.2. The summed E-state index contributed by atoms with van der Waals surface area (Å²) >= 11 is 0. The molecule has 0 unspecified atom stereocenters. The van der Waals surface area contributed by atoms with Crippen molar-refractivity contribution < 1.29 is 9.59 Å². The Bertz CT molecular complexity index is 1300. The van der Waals surface area contributed by atoms with Crippen molar-refractivity contribution >= 4 is 29.0 Å². The first-order valence-electron chi connectivity index (χ1n) is 11.7. The summed E-state index contributed by atoms with van der Waals surface area (Å²) in [6.07, 6.45) is 1.71. The van der Waals surface area contributed by atoms with Crippen LogP contribution >= 0.6 is 0 Å². The lowest BCUT2D eigenvalue weighted by molar-refractivity contribution is 0.102. The molecule has 0 aliphatic rings. The van der Waals surface area contributed by atoms with E-state index in [9.17, 15) is 14.4 Å². The molecule has 3 aromatic rings. The number of likely N-dealkylation sites (N-methyl/N-ethyl adjacent to an activating group) is 1. The molecule has 0 spiro atoms. The van der Waals surface area contributed by atoms with E-state index in [1.165, 1.54) is 4.57 Å². The molecule has 0 atom stereocenters. The Morgan fingerprint density at radius 2 is 1.64 bits per heavy atom. The third kappa shape index (κ3) is 6.51. The maximum Gasteiger partial charge on any atom is 0.319 e. The number of carbonyl (C=O) groups is 2. The second-order valence-electron chi connectivity index (χ2n) is 9.12. The SMILES string of the molecule is Cc1c(NC(=O)c2ccc(N(C)C)cc2)cccc1-c1cc(NC(=O)NCCN(C)C)c(=O)n(C)c1. The average Bonchev–Trinajstić information content (AvgIpc) is 2.83. The van der Waals surface area contributed by atoms with E-state index in [-0.39, 0.29) is 17.2 Å². The fourth-order valence-corrected chi connectivity index (χ4v) is 3.70. The summed E-state index contributed by atoms with van der Waals surface area (Å²) in [5.41, 5.74) is 4.51. The fourth-order valence-electron chi connectivity index (χ4n) is 3.70. The van der Waals surface area contributed by atoms with Gasteiger partial charge >= 0.3 is 6.03 Å². The molecule has 3 N–H and O–H groups in total. The largest absolute Gasteiger partial charge is 0.378 e. The van der Waals surface area contributed by atoms with Crippen molar-refractivity contribution in [1.29, 1.82) is 0 Å². The van der Waals surface area contributed by atoms with Gasteiger partial charge in [0.1, 0.15) is 5.69 Å². The Labute approximate surface area is 211 Å². The zero-order chi connectivity index (χ0) is 26.4. The normalized spacial score (nSPS) is 10.8. The Balaban J connectivity index is 1.83. The number of anilines is 3. The lowest BCUT2D eigenvalue weighted by Gasteiger charge is -2.16. The fraction of sp³-hybridized carbons (Fsp3) is 0.296. The van der Waals surface area contributed by atoms with Crippen molar-refractivity contribution in [3.8, 4) is 11.1 Å². The number of hydrogen-bond donors (Lipinski definition) is 3. The van der Waals surface area contributed by atoms with Crippen molar-refractivity contribution in [2.75, 3.05) is 56.8 Å². The quantitative estimate of drug-likeness (QED) is 0.450. The number of nitrogens with one attached hydrogen (secondary N) is 3. The summed E-state index contributed by atoms with van der Waals surface area (Å²) < 4.78 is 1.43. The van der Waals surface area contributed by atoms with Crippen molar-refractivity contribution in [2.45, 2.75) is 6.92 Å². The van der Waals surface area contributed by atoms with E-state index in [4.69, 9.17) is 0 Å². The van der Waals surface area contributed by atoms with Crippen LogP contribution in [0.2, 0.25) is 0 Å². The van der Waals surface area contributed by atoms with Crippen LogP contribution in [0, 0.1) is 6.92 Å². The molecule has 0 aliphatic heterocycles. The minimum Gasteiger partial charge on any atom is -0.378 e. The molecular weight excluding hydrogens is 456 g/mol. The molecule has 3 rings (SSSR count). The Morgan fingerprint density at radius 3 is 2.28 bits per heavy atom. The third-order valence-electron chi connectivity index (χ3n) is 5.81. The molecule has 0 saturated heterocycles. The van der Waals surface area contributed by atoms with Crippen LogP contribution in [0.25, 0.3) is 11.1 Å². The first-order chi connectivity index (χ1) is 17.1. The van der Waals surface area contributed by atoms with Crippen LogP contribution in [-0.4, -0.2) is 62.7 Å². The molecule has 1 heterocycles. The number of aryl methyl sites for hydroxylation is 1. The second-order valence-corrected chi connectivity index (χ2v) is 9.12. The van der Waals surface area contributed by atoms with Gasteiger partial charge in [-0.3, -0.25) is 9.59 Å². The van der Waals surface area contributed by atoms with E-state index in [0.29, 0.717) is 24.3 Å². The number of rotatable bonds is 8. The number of nitrogens with zero attached hydrogens (tertiary/aromatic N) is 3. The first kappa shape index (κ1) is 26.5. The Hall–Kier alpha value is -4.11. The van der Waals surface area contributed by atoms with E-state index in [1.807, 2.05) is 75.2 Å². The number of urea groups is 1. The molecule has 0 aliphatic carbocycles. The Kier molecular flexibility index (Phi) is 8.50. The highest BCUT2D eigenvalue weighted by molar-refractivity contribution is 6.05. The number of benzene rings is 2. The summed E-state index contributed by atoms with van der Waals surface area (Å²) in [6.45, 7) is 3.05. The van der Waals surface area contributed by atoms with Gasteiger partial charge in [-0.05, 0) is 68.5 Å². The minimum absolute atomic E-state index is 0.173. The molecule has 2 aromatic carbocycles. The molecule has 1 aromatic heterocycles. The molecule has 0 bridgehead atoms. The highest BCUT2D eigenvalue weighted by Gasteiger charge is 2.14. The topological polar surface area (TPSA) is 98.7 Å². The van der Waals surface area contributed by atoms with Gasteiger partial charge in [0.05, 0.1) is 0 Å². The van der Waals surface area contributed by atoms with Crippen LogP contribution in [0.5, 0.6) is 0 Å². The van der Waals surface area contributed by atoms with Gasteiger partial charge in [-0.15, -0.1) is 0 Å². The number of pyridine rings is 1. The van der Waals surface area contributed by atoms with E-state index >= 15 is 0 Å². The zero-order valence-corrected chi connectivity index (χ0v) is 21.7. The summed E-state index contributed by atoms with van der Waals surface area (Å²) in [4.78, 5) is 41.7. The van der Waals surface area contributed by atoms with Gasteiger partial charge in [-0.2, -0.15) is 0 Å². The van der Waals surface area contributed by atoms with E-state index < -0.39 is 6.03 Å². The standard InChI is InChI=1S/C27H34N6O3/c1-18-22(8-7-9-23(18)29-25(34)19-10-12-21(13-11-19)32(4)5)20-16-24(26(35)33(6)17-20)30-27(36)28-14-15-31(2)3/h7-13,16-17H,14-15H2,1-6H3,(H,29,34)(H2,28,30,36). The molecule has 3 amide bonds. The number of amides is 3. The highest BCUT2D eigenvalue weighted by Crippen LogP contribution is 2.29. The van der Waals surface area contributed by atoms with Crippen molar-refractivity contribution in [1.82, 2.24) is 14.8 Å². The van der Waals surface area contributed by atoms with Crippen LogP contribution in [0.15, 0.2) is 59.5 Å². The molecule has 9 heteroatoms. The van der Waals surface area contributed by atoms with Gasteiger partial charge in [0.2, 0.25) is 0 Å². The number of aromatic nitrogens is 1. The van der Waals surface area contributed by atoms with Gasteiger partial charge in [0, 0.05) is 62.9 Å².